The molecule has 0 aliphatic carbocycles. The number of amides is 1. The predicted molar refractivity (Wildman–Crippen MR) is 82.7 cm³/mol. The van der Waals surface area contributed by atoms with E-state index in [0.29, 0.717) is 12.1 Å². The smallest absolute Gasteiger partial charge is 0.376 e. The molecule has 0 spiro atoms. The van der Waals surface area contributed by atoms with Gasteiger partial charge in [-0.05, 0) is 36.8 Å². The zero-order valence-corrected chi connectivity index (χ0v) is 13.2. The predicted octanol–water partition coefficient (Wildman–Crippen LogP) is 3.60. The molecule has 1 amide bonds. The summed E-state index contributed by atoms with van der Waals surface area (Å²) in [4.78, 5) is 21.8. The number of aliphatic hydroxyl groups is 1. The van der Waals surface area contributed by atoms with Crippen LogP contribution in [-0.4, -0.2) is 15.9 Å². The van der Waals surface area contributed by atoms with E-state index in [1.165, 1.54) is 0 Å². The van der Waals surface area contributed by atoms with E-state index >= 15 is 0 Å². The van der Waals surface area contributed by atoms with Gasteiger partial charge in [-0.3, -0.25) is 14.9 Å². The van der Waals surface area contributed by atoms with Crippen LogP contribution in [0, 0.1) is 15.9 Å². The van der Waals surface area contributed by atoms with Gasteiger partial charge in [-0.1, -0.05) is 12.1 Å². The first-order valence-electron chi connectivity index (χ1n) is 7.08. The molecule has 0 fully saturated rings. The van der Waals surface area contributed by atoms with Crippen molar-refractivity contribution >= 4 is 17.3 Å². The zero-order valence-electron chi connectivity index (χ0n) is 13.2. The Morgan fingerprint density at radius 1 is 1.15 bits per heavy atom. The van der Waals surface area contributed by atoms with Gasteiger partial charge >= 0.3 is 6.18 Å². The van der Waals surface area contributed by atoms with Crippen molar-refractivity contribution in [1.29, 1.82) is 0 Å². The maximum absolute atomic E-state index is 13.0. The molecule has 2 N–H and O–H groups in total. The summed E-state index contributed by atoms with van der Waals surface area (Å²) >= 11 is 0. The number of nitrogens with one attached hydrogen (secondary N) is 1. The minimum Gasteiger partial charge on any atom is -0.376 e. The number of nitro groups is 1. The summed E-state index contributed by atoms with van der Waals surface area (Å²) in [6.07, 6.45) is -5.01. The average Bonchev–Trinajstić information content (AvgIpc) is 2.54. The molecule has 2 rings (SSSR count). The fourth-order valence-electron chi connectivity index (χ4n) is 2.16. The lowest BCUT2D eigenvalue weighted by Gasteiger charge is -2.23. The highest BCUT2D eigenvalue weighted by atomic mass is 19.4. The Balaban J connectivity index is 2.34. The quantitative estimate of drug-likeness (QED) is 0.487. The molecule has 6 nitrogen and oxygen atoms in total. The summed E-state index contributed by atoms with van der Waals surface area (Å²) in [5, 5.41) is 23.1. The van der Waals surface area contributed by atoms with Crippen molar-refractivity contribution in [2.24, 2.45) is 0 Å². The number of halogens is 4. The highest BCUT2D eigenvalue weighted by molar-refractivity contribution is 5.97. The van der Waals surface area contributed by atoms with E-state index in [4.69, 9.17) is 0 Å². The first kappa shape index (κ1) is 19.3. The van der Waals surface area contributed by atoms with Crippen molar-refractivity contribution in [3.05, 3.63) is 69.5 Å². The number of benzene rings is 2. The third-order valence-electron chi connectivity index (χ3n) is 3.60. The number of alkyl halides is 3. The maximum Gasteiger partial charge on any atom is 0.423 e. The fraction of sp³-hybridized carbons (Fsp3) is 0.188. The van der Waals surface area contributed by atoms with Crippen LogP contribution < -0.4 is 5.32 Å². The van der Waals surface area contributed by atoms with Gasteiger partial charge in [-0.25, -0.2) is 4.39 Å². The monoisotopic (exact) mass is 372 g/mol. The minimum absolute atomic E-state index is 0.00866. The second kappa shape index (κ2) is 6.71. The van der Waals surface area contributed by atoms with Crippen molar-refractivity contribution in [3.63, 3.8) is 0 Å². The largest absolute Gasteiger partial charge is 0.423 e. The number of hydrogen-bond acceptors (Lipinski definition) is 4. The van der Waals surface area contributed by atoms with Crippen molar-refractivity contribution in [2.75, 3.05) is 5.32 Å². The van der Waals surface area contributed by atoms with E-state index in [2.05, 4.69) is 5.32 Å². The molecular weight excluding hydrogens is 360 g/mol. The standard InChI is InChI=1S/C16H12F4N2O4/c1-15(24,9-2-4-10(17)5-3-9)14(23)21-11-6-7-13(22(25)26)12(8-11)16(18,19)20/h2-8,24H,1H3,(H,21,23). The lowest BCUT2D eigenvalue weighted by Crippen LogP contribution is -2.37. The Kier molecular flexibility index (Phi) is 4.99. The van der Waals surface area contributed by atoms with Gasteiger partial charge in [0, 0.05) is 11.8 Å². The number of carbonyl (C=O) groups is 1. The number of anilines is 1. The van der Waals surface area contributed by atoms with Gasteiger partial charge in [0.15, 0.2) is 5.60 Å². The van der Waals surface area contributed by atoms with E-state index in [0.717, 1.165) is 37.3 Å². The number of hydrogen-bond donors (Lipinski definition) is 2. The molecule has 0 aliphatic rings. The number of nitro benzene ring substituents is 1. The van der Waals surface area contributed by atoms with Crippen LogP contribution in [-0.2, 0) is 16.6 Å². The summed E-state index contributed by atoms with van der Waals surface area (Å²) in [6.45, 7) is 1.08. The second-order valence-corrected chi connectivity index (χ2v) is 5.52. The van der Waals surface area contributed by atoms with Crippen LogP contribution in [0.4, 0.5) is 28.9 Å². The summed E-state index contributed by atoms with van der Waals surface area (Å²) in [5.41, 5.74) is -5.26. The third-order valence-corrected chi connectivity index (χ3v) is 3.60. The Bertz CT molecular complexity index is 848. The number of rotatable bonds is 4. The fourth-order valence-corrected chi connectivity index (χ4v) is 2.16. The normalized spacial score (nSPS) is 13.8. The third kappa shape index (κ3) is 3.97. The lowest BCUT2D eigenvalue weighted by atomic mass is 9.95. The first-order valence-corrected chi connectivity index (χ1v) is 7.08. The molecule has 2 aromatic carbocycles. The van der Waals surface area contributed by atoms with E-state index in [1.807, 2.05) is 0 Å². The molecule has 0 saturated heterocycles. The molecular formula is C16H12F4N2O4. The van der Waals surface area contributed by atoms with E-state index in [-0.39, 0.29) is 5.56 Å². The van der Waals surface area contributed by atoms with Crippen LogP contribution in [0.3, 0.4) is 0 Å². The summed E-state index contributed by atoms with van der Waals surface area (Å²) in [7, 11) is 0. The highest BCUT2D eigenvalue weighted by Crippen LogP contribution is 2.37. The van der Waals surface area contributed by atoms with Crippen LogP contribution in [0.1, 0.15) is 18.1 Å². The topological polar surface area (TPSA) is 92.5 Å². The molecule has 0 radical (unpaired) electrons. The molecule has 0 heterocycles. The van der Waals surface area contributed by atoms with E-state index in [1.54, 1.807) is 0 Å². The first-order chi connectivity index (χ1) is 11.9. The summed E-state index contributed by atoms with van der Waals surface area (Å²) in [6, 6.07) is 6.21. The minimum atomic E-state index is -5.01. The van der Waals surface area contributed by atoms with Gasteiger partial charge in [-0.15, -0.1) is 0 Å². The van der Waals surface area contributed by atoms with Gasteiger partial charge < -0.3 is 10.4 Å². The van der Waals surface area contributed by atoms with Crippen molar-refractivity contribution in [1.82, 2.24) is 0 Å². The van der Waals surface area contributed by atoms with Crippen molar-refractivity contribution in [2.45, 2.75) is 18.7 Å². The Morgan fingerprint density at radius 3 is 2.23 bits per heavy atom. The molecule has 10 heteroatoms. The van der Waals surface area contributed by atoms with Crippen LogP contribution in [0.25, 0.3) is 0 Å². The van der Waals surface area contributed by atoms with Crippen LogP contribution in [0.15, 0.2) is 42.5 Å². The van der Waals surface area contributed by atoms with Crippen LogP contribution in [0.2, 0.25) is 0 Å². The van der Waals surface area contributed by atoms with Gasteiger partial charge in [-0.2, -0.15) is 13.2 Å². The Labute approximate surface area is 144 Å². The summed E-state index contributed by atoms with van der Waals surface area (Å²) in [5.74, 6) is -1.69. The van der Waals surface area contributed by atoms with Crippen LogP contribution in [0.5, 0.6) is 0 Å². The van der Waals surface area contributed by atoms with Gasteiger partial charge in [0.1, 0.15) is 11.4 Å². The molecule has 138 valence electrons. The number of carbonyl (C=O) groups excluding carboxylic acids is 1. The highest BCUT2D eigenvalue weighted by Gasteiger charge is 2.39. The van der Waals surface area contributed by atoms with E-state index < -0.39 is 45.4 Å². The summed E-state index contributed by atoms with van der Waals surface area (Å²) < 4.78 is 51.8. The average molecular weight is 372 g/mol. The molecule has 2 aromatic rings. The maximum atomic E-state index is 13.0. The van der Waals surface area contributed by atoms with Crippen molar-refractivity contribution in [3.8, 4) is 0 Å². The van der Waals surface area contributed by atoms with Gasteiger partial charge in [0.25, 0.3) is 11.6 Å². The van der Waals surface area contributed by atoms with Gasteiger partial charge in [0.05, 0.1) is 4.92 Å². The second-order valence-electron chi connectivity index (χ2n) is 5.52. The van der Waals surface area contributed by atoms with E-state index in [9.17, 15) is 37.6 Å². The molecule has 0 aliphatic heterocycles. The Hall–Kier alpha value is -3.01. The van der Waals surface area contributed by atoms with Gasteiger partial charge in [0.2, 0.25) is 0 Å². The number of nitrogens with zero attached hydrogens (tertiary/aromatic N) is 1. The zero-order chi connectivity index (χ0) is 19.7. The van der Waals surface area contributed by atoms with Crippen LogP contribution >= 0.6 is 0 Å². The molecule has 1 atom stereocenters. The molecule has 0 aromatic heterocycles. The molecule has 0 saturated carbocycles. The lowest BCUT2D eigenvalue weighted by molar-refractivity contribution is -0.388. The molecule has 1 unspecified atom stereocenters. The molecule has 26 heavy (non-hydrogen) atoms. The van der Waals surface area contributed by atoms with Crippen molar-refractivity contribution < 1.29 is 32.4 Å². The Morgan fingerprint density at radius 2 is 1.73 bits per heavy atom. The SMILES string of the molecule is CC(O)(C(=O)Nc1ccc([N+](=O)[O-])c(C(F)(F)F)c1)c1ccc(F)cc1. The molecule has 0 bridgehead atoms.